The number of hydrogen-bond donors (Lipinski definition) is 1. The Morgan fingerprint density at radius 1 is 1.33 bits per heavy atom. The van der Waals surface area contributed by atoms with E-state index in [1.165, 1.54) is 11.1 Å². The summed E-state index contributed by atoms with van der Waals surface area (Å²) in [6.07, 6.45) is 0. The van der Waals surface area contributed by atoms with Gasteiger partial charge in [-0.25, -0.2) is 0 Å². The van der Waals surface area contributed by atoms with Crippen LogP contribution in [0.3, 0.4) is 0 Å². The van der Waals surface area contributed by atoms with Crippen LogP contribution in [0.1, 0.15) is 33.3 Å². The second-order valence-corrected chi connectivity index (χ2v) is 5.82. The lowest BCUT2D eigenvalue weighted by atomic mass is 10.2. The maximum Gasteiger partial charge on any atom is 0.123 e. The molecule has 0 radical (unpaired) electrons. The first kappa shape index (κ1) is 17.7. The van der Waals surface area contributed by atoms with E-state index in [0.29, 0.717) is 12.6 Å². The maximum atomic E-state index is 5.97. The summed E-state index contributed by atoms with van der Waals surface area (Å²) >= 11 is 0. The fraction of sp³-hybridized carbons (Fsp3) is 0.556. The molecule has 1 N–H and O–H groups in total. The summed E-state index contributed by atoms with van der Waals surface area (Å²) in [7, 11) is 0. The molecule has 0 aromatic heterocycles. The van der Waals surface area contributed by atoms with Gasteiger partial charge in [0.05, 0.1) is 0 Å². The van der Waals surface area contributed by atoms with Gasteiger partial charge in [0.25, 0.3) is 0 Å². The van der Waals surface area contributed by atoms with Crippen LogP contribution in [-0.2, 0) is 6.54 Å². The van der Waals surface area contributed by atoms with E-state index < -0.39 is 0 Å². The van der Waals surface area contributed by atoms with Crippen molar-refractivity contribution in [1.82, 2.24) is 10.2 Å². The molecule has 3 nitrogen and oxygen atoms in total. The summed E-state index contributed by atoms with van der Waals surface area (Å²) in [6, 6.07) is 8.73. The van der Waals surface area contributed by atoms with E-state index in [1.807, 2.05) is 12.1 Å². The average Bonchev–Trinajstić information content (AvgIpc) is 2.44. The zero-order valence-corrected chi connectivity index (χ0v) is 14.0. The number of hydrogen-bond acceptors (Lipinski definition) is 3. The fourth-order valence-corrected chi connectivity index (χ4v) is 2.12. The quantitative estimate of drug-likeness (QED) is 0.668. The highest BCUT2D eigenvalue weighted by atomic mass is 16.5. The van der Waals surface area contributed by atoms with E-state index in [2.05, 4.69) is 56.6 Å². The molecular weight excluding hydrogens is 260 g/mol. The Balaban J connectivity index is 2.48. The van der Waals surface area contributed by atoms with Gasteiger partial charge in [0.15, 0.2) is 0 Å². The number of para-hydroxylation sites is 1. The lowest BCUT2D eigenvalue weighted by Crippen LogP contribution is -2.30. The Kier molecular flexibility index (Phi) is 8.09. The number of benzene rings is 1. The van der Waals surface area contributed by atoms with Crippen LogP contribution in [0.15, 0.2) is 36.4 Å². The first-order chi connectivity index (χ1) is 10.0. The summed E-state index contributed by atoms with van der Waals surface area (Å²) in [6.45, 7) is 17.0. The van der Waals surface area contributed by atoms with Crippen LogP contribution in [0.4, 0.5) is 0 Å². The van der Waals surface area contributed by atoms with Gasteiger partial charge in [-0.3, -0.25) is 4.90 Å². The summed E-state index contributed by atoms with van der Waals surface area (Å²) in [4.78, 5) is 2.34. The van der Waals surface area contributed by atoms with Gasteiger partial charge < -0.3 is 10.1 Å². The molecule has 0 amide bonds. The van der Waals surface area contributed by atoms with Gasteiger partial charge in [-0.2, -0.15) is 0 Å². The topological polar surface area (TPSA) is 24.5 Å². The minimum absolute atomic E-state index is 0.476. The van der Waals surface area contributed by atoms with Gasteiger partial charge in [0, 0.05) is 31.2 Å². The van der Waals surface area contributed by atoms with Crippen molar-refractivity contribution in [2.45, 2.75) is 40.3 Å². The average molecular weight is 290 g/mol. The van der Waals surface area contributed by atoms with Gasteiger partial charge in [0.1, 0.15) is 12.4 Å². The second-order valence-electron chi connectivity index (χ2n) is 5.82. The predicted octanol–water partition coefficient (Wildman–Crippen LogP) is 3.46. The summed E-state index contributed by atoms with van der Waals surface area (Å²) in [5.41, 5.74) is 2.41. The second kappa shape index (κ2) is 9.59. The normalized spacial score (nSPS) is 11.1. The number of nitrogens with zero attached hydrogens (tertiary/aromatic N) is 1. The van der Waals surface area contributed by atoms with Crippen molar-refractivity contribution in [3.63, 3.8) is 0 Å². The molecule has 1 aromatic carbocycles. The lowest BCUT2D eigenvalue weighted by molar-refractivity contribution is 0.225. The molecule has 1 rings (SSSR count). The van der Waals surface area contributed by atoms with Crippen LogP contribution in [0.25, 0.3) is 0 Å². The first-order valence-corrected chi connectivity index (χ1v) is 7.83. The maximum absolute atomic E-state index is 5.97. The van der Waals surface area contributed by atoms with Gasteiger partial charge in [-0.1, -0.05) is 51.1 Å². The molecule has 1 aromatic rings. The SMILES string of the molecule is C=C(C)CN(CC)CCOc1ccccc1CNC(C)C. The van der Waals surface area contributed by atoms with Gasteiger partial charge in [-0.05, 0) is 19.5 Å². The van der Waals surface area contributed by atoms with E-state index in [0.717, 1.165) is 31.9 Å². The minimum atomic E-state index is 0.476. The highest BCUT2D eigenvalue weighted by molar-refractivity contribution is 5.33. The molecular formula is C18H30N2O. The Morgan fingerprint density at radius 3 is 2.67 bits per heavy atom. The smallest absolute Gasteiger partial charge is 0.123 e. The lowest BCUT2D eigenvalue weighted by Gasteiger charge is -2.21. The summed E-state index contributed by atoms with van der Waals surface area (Å²) < 4.78 is 5.97. The number of ether oxygens (including phenoxy) is 1. The molecule has 0 bridgehead atoms. The molecule has 118 valence electrons. The largest absolute Gasteiger partial charge is 0.492 e. The third-order valence-electron chi connectivity index (χ3n) is 3.28. The Bertz CT molecular complexity index is 429. The number of likely N-dealkylation sites (N-methyl/N-ethyl adjacent to an activating group) is 1. The standard InChI is InChI=1S/C18H30N2O/c1-6-20(14-15(2)3)11-12-21-18-10-8-7-9-17(18)13-19-16(4)5/h7-10,16,19H,2,6,11-14H2,1,3-5H3. The minimum Gasteiger partial charge on any atom is -0.492 e. The van der Waals surface area contributed by atoms with Crippen LogP contribution in [0, 0.1) is 0 Å². The highest BCUT2D eigenvalue weighted by Crippen LogP contribution is 2.17. The molecule has 0 aliphatic rings. The molecule has 0 unspecified atom stereocenters. The molecule has 0 heterocycles. The Hall–Kier alpha value is -1.32. The van der Waals surface area contributed by atoms with Gasteiger partial charge in [-0.15, -0.1) is 0 Å². The molecule has 0 saturated heterocycles. The fourth-order valence-electron chi connectivity index (χ4n) is 2.12. The molecule has 0 spiro atoms. The van der Waals surface area contributed by atoms with Crippen molar-refractivity contribution in [3.8, 4) is 5.75 Å². The monoisotopic (exact) mass is 290 g/mol. The molecule has 0 fully saturated rings. The zero-order valence-electron chi connectivity index (χ0n) is 14.0. The van der Waals surface area contributed by atoms with E-state index in [1.54, 1.807) is 0 Å². The van der Waals surface area contributed by atoms with Crippen molar-refractivity contribution in [2.24, 2.45) is 0 Å². The Labute approximate surface area is 130 Å². The van der Waals surface area contributed by atoms with E-state index in [-0.39, 0.29) is 0 Å². The van der Waals surface area contributed by atoms with Crippen molar-refractivity contribution >= 4 is 0 Å². The molecule has 0 saturated carbocycles. The van der Waals surface area contributed by atoms with Crippen molar-refractivity contribution < 1.29 is 4.74 Å². The van der Waals surface area contributed by atoms with Crippen molar-refractivity contribution in [3.05, 3.63) is 42.0 Å². The molecule has 21 heavy (non-hydrogen) atoms. The van der Waals surface area contributed by atoms with E-state index >= 15 is 0 Å². The number of rotatable bonds is 10. The van der Waals surface area contributed by atoms with Gasteiger partial charge in [0.2, 0.25) is 0 Å². The van der Waals surface area contributed by atoms with Crippen LogP contribution in [-0.4, -0.2) is 37.2 Å². The third kappa shape index (κ3) is 7.30. The summed E-state index contributed by atoms with van der Waals surface area (Å²) in [5.74, 6) is 0.983. The first-order valence-electron chi connectivity index (χ1n) is 7.83. The summed E-state index contributed by atoms with van der Waals surface area (Å²) in [5, 5.41) is 3.44. The highest BCUT2D eigenvalue weighted by Gasteiger charge is 2.06. The van der Waals surface area contributed by atoms with Crippen molar-refractivity contribution in [1.29, 1.82) is 0 Å². The molecule has 3 heteroatoms. The Morgan fingerprint density at radius 2 is 2.05 bits per heavy atom. The number of nitrogens with one attached hydrogen (secondary N) is 1. The zero-order chi connectivity index (χ0) is 15.7. The van der Waals surface area contributed by atoms with Gasteiger partial charge >= 0.3 is 0 Å². The van der Waals surface area contributed by atoms with E-state index in [4.69, 9.17) is 4.74 Å². The van der Waals surface area contributed by atoms with Crippen LogP contribution in [0.5, 0.6) is 5.75 Å². The molecule has 0 aliphatic heterocycles. The predicted molar refractivity (Wildman–Crippen MR) is 90.8 cm³/mol. The molecule has 0 aliphatic carbocycles. The van der Waals surface area contributed by atoms with Crippen LogP contribution < -0.4 is 10.1 Å². The third-order valence-corrected chi connectivity index (χ3v) is 3.28. The van der Waals surface area contributed by atoms with Crippen LogP contribution >= 0.6 is 0 Å². The van der Waals surface area contributed by atoms with Crippen molar-refractivity contribution in [2.75, 3.05) is 26.2 Å². The van der Waals surface area contributed by atoms with E-state index in [9.17, 15) is 0 Å². The van der Waals surface area contributed by atoms with Crippen LogP contribution in [0.2, 0.25) is 0 Å². The molecule has 0 atom stereocenters.